The van der Waals surface area contributed by atoms with E-state index in [2.05, 4.69) is 18.3 Å². The molecule has 0 saturated heterocycles. The molecular formula is C14H17NO. The molecule has 0 atom stereocenters. The molecule has 0 spiro atoms. The van der Waals surface area contributed by atoms with Gasteiger partial charge in [0.15, 0.2) is 0 Å². The highest BCUT2D eigenvalue weighted by Gasteiger charge is 2.02. The Bertz CT molecular complexity index is 479. The summed E-state index contributed by atoms with van der Waals surface area (Å²) in [6.45, 7) is 3.12. The van der Waals surface area contributed by atoms with Gasteiger partial charge >= 0.3 is 0 Å². The number of anilines is 1. The van der Waals surface area contributed by atoms with E-state index in [1.165, 1.54) is 6.42 Å². The molecule has 2 N–H and O–H groups in total. The van der Waals surface area contributed by atoms with Gasteiger partial charge in [-0.3, -0.25) is 0 Å². The van der Waals surface area contributed by atoms with Crippen molar-refractivity contribution >= 4 is 16.5 Å². The van der Waals surface area contributed by atoms with E-state index in [0.29, 0.717) is 5.75 Å². The number of hydrogen-bond acceptors (Lipinski definition) is 2. The van der Waals surface area contributed by atoms with Crippen LogP contribution in [-0.2, 0) is 0 Å². The predicted molar refractivity (Wildman–Crippen MR) is 69.0 cm³/mol. The first kappa shape index (κ1) is 10.8. The van der Waals surface area contributed by atoms with E-state index in [-0.39, 0.29) is 0 Å². The number of fused-ring (bicyclic) bond motifs is 1. The van der Waals surface area contributed by atoms with Crippen molar-refractivity contribution in [2.24, 2.45) is 0 Å². The molecule has 0 aliphatic carbocycles. The second-order valence-electron chi connectivity index (χ2n) is 3.99. The molecule has 2 rings (SSSR count). The number of nitrogens with one attached hydrogen (secondary N) is 1. The fourth-order valence-corrected chi connectivity index (χ4v) is 1.84. The van der Waals surface area contributed by atoms with E-state index >= 15 is 0 Å². The molecular weight excluding hydrogens is 198 g/mol. The van der Waals surface area contributed by atoms with Crippen molar-refractivity contribution in [3.63, 3.8) is 0 Å². The quantitative estimate of drug-likeness (QED) is 0.761. The Balaban J connectivity index is 2.34. The minimum atomic E-state index is 0.317. The van der Waals surface area contributed by atoms with Gasteiger partial charge in [0.05, 0.1) is 0 Å². The van der Waals surface area contributed by atoms with Crippen molar-refractivity contribution in [3.8, 4) is 5.75 Å². The lowest BCUT2D eigenvalue weighted by Crippen LogP contribution is -2.01. The van der Waals surface area contributed by atoms with Crippen molar-refractivity contribution in [1.29, 1.82) is 0 Å². The van der Waals surface area contributed by atoms with E-state index in [1.54, 1.807) is 12.1 Å². The molecule has 0 unspecified atom stereocenters. The molecule has 0 amide bonds. The molecule has 2 aromatic carbocycles. The summed E-state index contributed by atoms with van der Waals surface area (Å²) in [5, 5.41) is 15.2. The molecule has 0 bridgehead atoms. The third-order valence-electron chi connectivity index (χ3n) is 2.69. The molecule has 2 aromatic rings. The Morgan fingerprint density at radius 1 is 1.19 bits per heavy atom. The van der Waals surface area contributed by atoms with E-state index in [0.717, 1.165) is 29.4 Å². The molecule has 84 valence electrons. The van der Waals surface area contributed by atoms with Crippen LogP contribution in [0.5, 0.6) is 5.75 Å². The van der Waals surface area contributed by atoms with Crippen LogP contribution in [0.3, 0.4) is 0 Å². The van der Waals surface area contributed by atoms with Gasteiger partial charge < -0.3 is 10.4 Å². The number of unbranched alkanes of at least 4 members (excludes halogenated alkanes) is 1. The Morgan fingerprint density at radius 3 is 2.81 bits per heavy atom. The summed E-state index contributed by atoms with van der Waals surface area (Å²) in [4.78, 5) is 0. The zero-order valence-corrected chi connectivity index (χ0v) is 9.53. The maximum Gasteiger partial charge on any atom is 0.118 e. The van der Waals surface area contributed by atoms with Crippen LogP contribution in [0.25, 0.3) is 10.8 Å². The van der Waals surface area contributed by atoms with Crippen LogP contribution < -0.4 is 5.32 Å². The summed E-state index contributed by atoms with van der Waals surface area (Å²) >= 11 is 0. The predicted octanol–water partition coefficient (Wildman–Crippen LogP) is 3.76. The van der Waals surface area contributed by atoms with Gasteiger partial charge in [-0.15, -0.1) is 0 Å². The van der Waals surface area contributed by atoms with Crippen molar-refractivity contribution in [2.75, 3.05) is 11.9 Å². The molecule has 0 radical (unpaired) electrons. The zero-order valence-electron chi connectivity index (χ0n) is 9.53. The first-order valence-corrected chi connectivity index (χ1v) is 5.77. The first-order chi connectivity index (χ1) is 7.81. The lowest BCUT2D eigenvalue weighted by molar-refractivity contribution is 0.476. The van der Waals surface area contributed by atoms with Gasteiger partial charge in [-0.1, -0.05) is 37.6 Å². The molecule has 2 nitrogen and oxygen atoms in total. The van der Waals surface area contributed by atoms with Crippen LogP contribution >= 0.6 is 0 Å². The molecule has 0 saturated carbocycles. The molecule has 0 aliphatic rings. The summed E-state index contributed by atoms with van der Waals surface area (Å²) in [6.07, 6.45) is 2.31. The van der Waals surface area contributed by atoms with Crippen LogP contribution in [-0.4, -0.2) is 11.7 Å². The number of benzene rings is 2. The standard InChI is InChI=1S/C14H17NO/c1-2-3-8-15-14-10-12(16)9-11-6-4-5-7-13(11)14/h4-7,9-10,15-16H,2-3,8H2,1H3. The van der Waals surface area contributed by atoms with Crippen LogP contribution in [0, 0.1) is 0 Å². The number of aromatic hydroxyl groups is 1. The Labute approximate surface area is 95.9 Å². The molecule has 0 aromatic heterocycles. The highest BCUT2D eigenvalue weighted by molar-refractivity contribution is 5.95. The van der Waals surface area contributed by atoms with Gasteiger partial charge in [0.1, 0.15) is 5.75 Å². The highest BCUT2D eigenvalue weighted by atomic mass is 16.3. The van der Waals surface area contributed by atoms with E-state index in [4.69, 9.17) is 0 Å². The summed E-state index contributed by atoms with van der Waals surface area (Å²) in [5.41, 5.74) is 1.02. The molecule has 0 heterocycles. The smallest absolute Gasteiger partial charge is 0.118 e. The summed E-state index contributed by atoms with van der Waals surface area (Å²) < 4.78 is 0. The molecule has 0 fully saturated rings. The molecule has 0 aliphatic heterocycles. The van der Waals surface area contributed by atoms with Gasteiger partial charge in [0.2, 0.25) is 0 Å². The van der Waals surface area contributed by atoms with E-state index in [9.17, 15) is 5.11 Å². The van der Waals surface area contributed by atoms with Crippen LogP contribution in [0.2, 0.25) is 0 Å². The number of hydrogen-bond donors (Lipinski definition) is 2. The SMILES string of the molecule is CCCCNc1cc(O)cc2ccccc12. The van der Waals surface area contributed by atoms with Gasteiger partial charge in [-0.2, -0.15) is 0 Å². The summed E-state index contributed by atoms with van der Waals surface area (Å²) in [6, 6.07) is 11.7. The highest BCUT2D eigenvalue weighted by Crippen LogP contribution is 2.28. The average Bonchev–Trinajstić information content (AvgIpc) is 2.29. The second-order valence-corrected chi connectivity index (χ2v) is 3.99. The lowest BCUT2D eigenvalue weighted by atomic mass is 10.1. The van der Waals surface area contributed by atoms with Gasteiger partial charge in [-0.25, -0.2) is 0 Å². The Morgan fingerprint density at radius 2 is 2.00 bits per heavy atom. The largest absolute Gasteiger partial charge is 0.508 e. The van der Waals surface area contributed by atoms with Crippen molar-refractivity contribution in [3.05, 3.63) is 36.4 Å². The average molecular weight is 215 g/mol. The Hall–Kier alpha value is -1.70. The van der Waals surface area contributed by atoms with Crippen LogP contribution in [0.1, 0.15) is 19.8 Å². The van der Waals surface area contributed by atoms with Crippen molar-refractivity contribution in [2.45, 2.75) is 19.8 Å². The number of rotatable bonds is 4. The fourth-order valence-electron chi connectivity index (χ4n) is 1.84. The number of phenols is 1. The van der Waals surface area contributed by atoms with Gasteiger partial charge in [0, 0.05) is 23.7 Å². The minimum absolute atomic E-state index is 0.317. The molecule has 2 heteroatoms. The number of phenolic OH excluding ortho intramolecular Hbond substituents is 1. The van der Waals surface area contributed by atoms with Crippen molar-refractivity contribution in [1.82, 2.24) is 0 Å². The first-order valence-electron chi connectivity index (χ1n) is 5.77. The van der Waals surface area contributed by atoms with Crippen LogP contribution in [0.4, 0.5) is 5.69 Å². The van der Waals surface area contributed by atoms with E-state index in [1.807, 2.05) is 18.2 Å². The maximum atomic E-state index is 9.63. The monoisotopic (exact) mass is 215 g/mol. The third kappa shape index (κ3) is 2.27. The topological polar surface area (TPSA) is 32.3 Å². The lowest BCUT2D eigenvalue weighted by Gasteiger charge is -2.10. The maximum absolute atomic E-state index is 9.63. The molecule has 16 heavy (non-hydrogen) atoms. The summed E-state index contributed by atoms with van der Waals surface area (Å²) in [7, 11) is 0. The summed E-state index contributed by atoms with van der Waals surface area (Å²) in [5.74, 6) is 0.317. The minimum Gasteiger partial charge on any atom is -0.508 e. The Kier molecular flexibility index (Phi) is 3.30. The normalized spacial score (nSPS) is 10.6. The van der Waals surface area contributed by atoms with E-state index < -0.39 is 0 Å². The fraction of sp³-hybridized carbons (Fsp3) is 0.286. The van der Waals surface area contributed by atoms with Crippen molar-refractivity contribution < 1.29 is 5.11 Å². The zero-order chi connectivity index (χ0) is 11.4. The third-order valence-corrected chi connectivity index (χ3v) is 2.69. The van der Waals surface area contributed by atoms with Gasteiger partial charge in [-0.05, 0) is 17.9 Å². The van der Waals surface area contributed by atoms with Crippen LogP contribution in [0.15, 0.2) is 36.4 Å². The van der Waals surface area contributed by atoms with Gasteiger partial charge in [0.25, 0.3) is 0 Å². The second kappa shape index (κ2) is 4.88.